The highest BCUT2D eigenvalue weighted by Crippen LogP contribution is 2.15. The van der Waals surface area contributed by atoms with Gasteiger partial charge in [-0.2, -0.15) is 5.10 Å². The second kappa shape index (κ2) is 4.23. The van der Waals surface area contributed by atoms with Crippen LogP contribution in [-0.4, -0.2) is 22.2 Å². The molecule has 4 nitrogen and oxygen atoms in total. The molecule has 0 saturated carbocycles. The van der Waals surface area contributed by atoms with Gasteiger partial charge in [0.1, 0.15) is 5.82 Å². The van der Waals surface area contributed by atoms with Crippen molar-refractivity contribution in [2.75, 3.05) is 7.05 Å². The molecule has 0 radical (unpaired) electrons. The van der Waals surface area contributed by atoms with E-state index in [1.54, 1.807) is 0 Å². The van der Waals surface area contributed by atoms with Gasteiger partial charge in [0, 0.05) is 5.56 Å². The van der Waals surface area contributed by atoms with Gasteiger partial charge < -0.3 is 5.32 Å². The zero-order valence-electron chi connectivity index (χ0n) is 8.91. The van der Waals surface area contributed by atoms with E-state index < -0.39 is 0 Å². The van der Waals surface area contributed by atoms with Crippen LogP contribution < -0.4 is 5.32 Å². The number of hydrogen-bond acceptors (Lipinski definition) is 3. The molecular formula is C11H14N4. The van der Waals surface area contributed by atoms with Crippen molar-refractivity contribution in [3.8, 4) is 11.4 Å². The highest BCUT2D eigenvalue weighted by Gasteiger charge is 2.04. The average molecular weight is 202 g/mol. The number of aryl methyl sites for hydroxylation is 1. The van der Waals surface area contributed by atoms with Crippen molar-refractivity contribution in [3.05, 3.63) is 35.7 Å². The molecule has 0 aliphatic carbocycles. The maximum absolute atomic E-state index is 4.38. The molecule has 2 rings (SSSR count). The number of nitrogens with zero attached hydrogens (tertiary/aromatic N) is 2. The van der Waals surface area contributed by atoms with Crippen LogP contribution in [0.2, 0.25) is 0 Å². The Balaban J connectivity index is 2.29. The minimum Gasteiger partial charge on any atom is -0.313 e. The summed E-state index contributed by atoms with van der Waals surface area (Å²) >= 11 is 0. The minimum absolute atomic E-state index is 0.707. The van der Waals surface area contributed by atoms with Crippen LogP contribution in [0.3, 0.4) is 0 Å². The van der Waals surface area contributed by atoms with Gasteiger partial charge in [-0.25, -0.2) is 4.98 Å². The van der Waals surface area contributed by atoms with Crippen molar-refractivity contribution in [1.82, 2.24) is 20.5 Å². The summed E-state index contributed by atoms with van der Waals surface area (Å²) in [6, 6.07) is 8.16. The molecule has 0 fully saturated rings. The number of rotatable bonds is 3. The van der Waals surface area contributed by atoms with E-state index in [-0.39, 0.29) is 0 Å². The number of hydrogen-bond donors (Lipinski definition) is 2. The maximum Gasteiger partial charge on any atom is 0.181 e. The van der Waals surface area contributed by atoms with E-state index in [0.717, 1.165) is 17.2 Å². The normalized spacial score (nSPS) is 10.5. The first-order valence-corrected chi connectivity index (χ1v) is 4.92. The van der Waals surface area contributed by atoms with Crippen molar-refractivity contribution in [2.24, 2.45) is 0 Å². The van der Waals surface area contributed by atoms with E-state index in [1.165, 1.54) is 5.56 Å². The molecule has 0 unspecified atom stereocenters. The van der Waals surface area contributed by atoms with Gasteiger partial charge in [-0.15, -0.1) is 0 Å². The third-order valence-corrected chi connectivity index (χ3v) is 2.15. The number of benzene rings is 1. The van der Waals surface area contributed by atoms with Gasteiger partial charge >= 0.3 is 0 Å². The van der Waals surface area contributed by atoms with Crippen molar-refractivity contribution >= 4 is 0 Å². The van der Waals surface area contributed by atoms with Crippen molar-refractivity contribution < 1.29 is 0 Å². The van der Waals surface area contributed by atoms with Gasteiger partial charge in [0.15, 0.2) is 5.82 Å². The van der Waals surface area contributed by atoms with Crippen LogP contribution in [0.1, 0.15) is 11.4 Å². The first-order chi connectivity index (χ1) is 7.29. The summed E-state index contributed by atoms with van der Waals surface area (Å²) in [5.74, 6) is 1.61. The van der Waals surface area contributed by atoms with Gasteiger partial charge in [-0.05, 0) is 20.0 Å². The first-order valence-electron chi connectivity index (χ1n) is 4.92. The Morgan fingerprint density at radius 3 is 3.00 bits per heavy atom. The molecule has 1 heterocycles. The molecule has 0 aliphatic rings. The smallest absolute Gasteiger partial charge is 0.181 e. The quantitative estimate of drug-likeness (QED) is 0.793. The predicted octanol–water partition coefficient (Wildman–Crippen LogP) is 1.50. The molecule has 0 aliphatic heterocycles. The lowest BCUT2D eigenvalue weighted by Crippen LogP contribution is -2.06. The fraction of sp³-hybridized carbons (Fsp3) is 0.273. The third-order valence-electron chi connectivity index (χ3n) is 2.15. The van der Waals surface area contributed by atoms with Crippen molar-refractivity contribution in [3.63, 3.8) is 0 Å². The Bertz CT molecular complexity index is 447. The Morgan fingerprint density at radius 2 is 2.27 bits per heavy atom. The Morgan fingerprint density at radius 1 is 1.40 bits per heavy atom. The molecule has 2 N–H and O–H groups in total. The molecule has 0 atom stereocenters. The zero-order valence-corrected chi connectivity index (χ0v) is 8.91. The van der Waals surface area contributed by atoms with Crippen LogP contribution in [0, 0.1) is 6.92 Å². The van der Waals surface area contributed by atoms with E-state index >= 15 is 0 Å². The van der Waals surface area contributed by atoms with E-state index in [2.05, 4.69) is 39.6 Å². The van der Waals surface area contributed by atoms with Crippen LogP contribution in [0.4, 0.5) is 0 Å². The summed E-state index contributed by atoms with van der Waals surface area (Å²) in [5.41, 5.74) is 2.26. The van der Waals surface area contributed by atoms with Crippen LogP contribution in [0.15, 0.2) is 24.3 Å². The Kier molecular flexibility index (Phi) is 2.78. The van der Waals surface area contributed by atoms with E-state index in [4.69, 9.17) is 0 Å². The predicted molar refractivity (Wildman–Crippen MR) is 59.3 cm³/mol. The van der Waals surface area contributed by atoms with Gasteiger partial charge in [0.05, 0.1) is 6.54 Å². The molecule has 0 amide bonds. The van der Waals surface area contributed by atoms with E-state index in [1.807, 2.05) is 19.2 Å². The summed E-state index contributed by atoms with van der Waals surface area (Å²) < 4.78 is 0. The Labute approximate surface area is 88.8 Å². The fourth-order valence-electron chi connectivity index (χ4n) is 1.46. The Hall–Kier alpha value is -1.68. The second-order valence-electron chi connectivity index (χ2n) is 3.51. The van der Waals surface area contributed by atoms with Crippen LogP contribution >= 0.6 is 0 Å². The van der Waals surface area contributed by atoms with Gasteiger partial charge in [-0.1, -0.05) is 23.8 Å². The summed E-state index contributed by atoms with van der Waals surface area (Å²) in [7, 11) is 1.88. The first kappa shape index (κ1) is 9.86. The van der Waals surface area contributed by atoms with Crippen LogP contribution in [0.25, 0.3) is 11.4 Å². The van der Waals surface area contributed by atoms with Crippen molar-refractivity contribution in [2.45, 2.75) is 13.5 Å². The lowest BCUT2D eigenvalue weighted by molar-refractivity contribution is 0.763. The lowest BCUT2D eigenvalue weighted by Gasteiger charge is -1.96. The lowest BCUT2D eigenvalue weighted by atomic mass is 10.1. The largest absolute Gasteiger partial charge is 0.313 e. The standard InChI is InChI=1S/C11H14N4/c1-8-4-3-5-9(6-8)11-13-10(7-12-2)14-15-11/h3-6,12H,7H2,1-2H3,(H,13,14,15). The summed E-state index contributed by atoms with van der Waals surface area (Å²) in [4.78, 5) is 4.38. The molecule has 15 heavy (non-hydrogen) atoms. The van der Waals surface area contributed by atoms with Gasteiger partial charge in [-0.3, -0.25) is 5.10 Å². The number of aromatic amines is 1. The van der Waals surface area contributed by atoms with Gasteiger partial charge in [0.2, 0.25) is 0 Å². The van der Waals surface area contributed by atoms with E-state index in [9.17, 15) is 0 Å². The zero-order chi connectivity index (χ0) is 10.7. The average Bonchev–Trinajstić information content (AvgIpc) is 2.67. The molecule has 0 spiro atoms. The molecule has 1 aromatic heterocycles. The summed E-state index contributed by atoms with van der Waals surface area (Å²) in [6.45, 7) is 2.77. The topological polar surface area (TPSA) is 53.6 Å². The van der Waals surface area contributed by atoms with Crippen LogP contribution in [0.5, 0.6) is 0 Å². The monoisotopic (exact) mass is 202 g/mol. The maximum atomic E-state index is 4.38. The SMILES string of the molecule is CNCc1nc(-c2cccc(C)c2)n[nH]1. The summed E-state index contributed by atoms with van der Waals surface area (Å²) in [6.07, 6.45) is 0. The molecular weight excluding hydrogens is 188 g/mol. The number of H-pyrrole nitrogens is 1. The molecule has 1 aromatic carbocycles. The minimum atomic E-state index is 0.707. The molecule has 0 saturated heterocycles. The molecule has 2 aromatic rings. The van der Waals surface area contributed by atoms with E-state index in [0.29, 0.717) is 6.54 Å². The highest BCUT2D eigenvalue weighted by molar-refractivity contribution is 5.55. The molecule has 78 valence electrons. The molecule has 4 heteroatoms. The van der Waals surface area contributed by atoms with Crippen molar-refractivity contribution in [1.29, 1.82) is 0 Å². The summed E-state index contributed by atoms with van der Waals surface area (Å²) in [5, 5.41) is 10.1. The van der Waals surface area contributed by atoms with Gasteiger partial charge in [0.25, 0.3) is 0 Å². The highest BCUT2D eigenvalue weighted by atomic mass is 15.2. The second-order valence-corrected chi connectivity index (χ2v) is 3.51. The molecule has 0 bridgehead atoms. The third kappa shape index (κ3) is 2.22. The fourth-order valence-corrected chi connectivity index (χ4v) is 1.46. The number of nitrogens with one attached hydrogen (secondary N) is 2. The number of aromatic nitrogens is 3. The van der Waals surface area contributed by atoms with Crippen LogP contribution in [-0.2, 0) is 6.54 Å².